The summed E-state index contributed by atoms with van der Waals surface area (Å²) in [7, 11) is 0. The standard InChI is InChI=1S/C17H20FN3O3S/c18-16-13(11-7-12(19-8-11)4-3-10-1-2-10)5-6-14(22)17(16)21-9-15(23)20-25(21)24/h5-7,10,12,19,22H,1-4,8-9H2,(H,20,23). The monoisotopic (exact) mass is 365 g/mol. The summed E-state index contributed by atoms with van der Waals surface area (Å²) in [5.41, 5.74) is 0.992. The van der Waals surface area contributed by atoms with Crippen molar-refractivity contribution in [2.75, 3.05) is 17.4 Å². The van der Waals surface area contributed by atoms with Crippen LogP contribution in [0.4, 0.5) is 10.1 Å². The highest BCUT2D eigenvalue weighted by Crippen LogP contribution is 2.38. The average Bonchev–Trinajstić information content (AvgIpc) is 3.19. The summed E-state index contributed by atoms with van der Waals surface area (Å²) in [5, 5.41) is 13.4. The lowest BCUT2D eigenvalue weighted by Crippen LogP contribution is -2.24. The zero-order valence-corrected chi connectivity index (χ0v) is 14.4. The highest BCUT2D eigenvalue weighted by Gasteiger charge is 2.33. The minimum absolute atomic E-state index is 0.198. The smallest absolute Gasteiger partial charge is 0.253 e. The summed E-state index contributed by atoms with van der Waals surface area (Å²) >= 11 is -1.88. The third kappa shape index (κ3) is 3.28. The van der Waals surface area contributed by atoms with E-state index in [1.165, 1.54) is 31.4 Å². The van der Waals surface area contributed by atoms with Crippen LogP contribution in [-0.2, 0) is 16.0 Å². The molecule has 1 aliphatic carbocycles. The van der Waals surface area contributed by atoms with Crippen molar-refractivity contribution in [1.82, 2.24) is 10.0 Å². The van der Waals surface area contributed by atoms with Gasteiger partial charge < -0.3 is 10.4 Å². The molecule has 2 unspecified atom stereocenters. The van der Waals surface area contributed by atoms with Crippen LogP contribution in [0.5, 0.6) is 5.75 Å². The highest BCUT2D eigenvalue weighted by atomic mass is 32.2. The van der Waals surface area contributed by atoms with Crippen LogP contribution in [0.3, 0.4) is 0 Å². The molecule has 0 aromatic heterocycles. The van der Waals surface area contributed by atoms with Gasteiger partial charge in [0.25, 0.3) is 5.91 Å². The maximum absolute atomic E-state index is 15.0. The van der Waals surface area contributed by atoms with Gasteiger partial charge in [0.1, 0.15) is 18.0 Å². The van der Waals surface area contributed by atoms with Gasteiger partial charge in [-0.2, -0.15) is 0 Å². The van der Waals surface area contributed by atoms with Gasteiger partial charge >= 0.3 is 0 Å². The number of phenolic OH excluding ortho intramolecular Hbond substituents is 1. The van der Waals surface area contributed by atoms with Crippen molar-refractivity contribution >= 4 is 28.3 Å². The predicted octanol–water partition coefficient (Wildman–Crippen LogP) is 1.59. The molecule has 8 heteroatoms. The maximum Gasteiger partial charge on any atom is 0.253 e. The molecule has 3 N–H and O–H groups in total. The molecule has 1 aromatic carbocycles. The lowest BCUT2D eigenvalue weighted by Gasteiger charge is -2.18. The van der Waals surface area contributed by atoms with E-state index in [4.69, 9.17) is 0 Å². The fourth-order valence-corrected chi connectivity index (χ4v) is 4.31. The molecule has 1 saturated carbocycles. The van der Waals surface area contributed by atoms with E-state index in [0.717, 1.165) is 22.2 Å². The van der Waals surface area contributed by atoms with Gasteiger partial charge in [-0.1, -0.05) is 18.9 Å². The molecular weight excluding hydrogens is 345 g/mol. The van der Waals surface area contributed by atoms with Crippen molar-refractivity contribution in [2.24, 2.45) is 5.92 Å². The Morgan fingerprint density at radius 3 is 2.80 bits per heavy atom. The van der Waals surface area contributed by atoms with E-state index >= 15 is 4.39 Å². The quantitative estimate of drug-likeness (QED) is 0.740. The van der Waals surface area contributed by atoms with E-state index in [9.17, 15) is 14.1 Å². The number of aromatic hydroxyl groups is 1. The van der Waals surface area contributed by atoms with E-state index in [-0.39, 0.29) is 24.0 Å². The van der Waals surface area contributed by atoms with Crippen molar-refractivity contribution in [2.45, 2.75) is 31.7 Å². The summed E-state index contributed by atoms with van der Waals surface area (Å²) in [6, 6.07) is 3.14. The number of nitrogens with one attached hydrogen (secondary N) is 2. The van der Waals surface area contributed by atoms with Gasteiger partial charge in [0.2, 0.25) is 11.2 Å². The SMILES string of the molecule is O=C1CN(c2c(O)ccc(C3=CC(CCC4CC4)NC3)c2F)S(=O)N1. The molecule has 1 aromatic rings. The molecule has 4 rings (SSSR count). The number of phenols is 1. The Labute approximate surface area is 147 Å². The van der Waals surface area contributed by atoms with Gasteiger partial charge in [0.05, 0.1) is 0 Å². The molecule has 1 saturated heterocycles. The molecule has 3 aliphatic rings. The second kappa shape index (κ2) is 6.42. The van der Waals surface area contributed by atoms with Crippen LogP contribution in [-0.4, -0.2) is 34.4 Å². The van der Waals surface area contributed by atoms with Crippen LogP contribution in [0, 0.1) is 11.7 Å². The molecule has 0 spiro atoms. The number of carbonyl (C=O) groups excluding carboxylic acids is 1. The van der Waals surface area contributed by atoms with E-state index in [2.05, 4.69) is 10.0 Å². The zero-order chi connectivity index (χ0) is 17.6. The van der Waals surface area contributed by atoms with E-state index < -0.39 is 22.9 Å². The summed E-state index contributed by atoms with van der Waals surface area (Å²) in [6.45, 7) is 0.304. The van der Waals surface area contributed by atoms with Crippen molar-refractivity contribution in [3.63, 3.8) is 0 Å². The minimum atomic E-state index is -1.88. The largest absolute Gasteiger partial charge is 0.506 e. The van der Waals surface area contributed by atoms with Crippen LogP contribution < -0.4 is 14.3 Å². The summed E-state index contributed by atoms with van der Waals surface area (Å²) in [4.78, 5) is 11.4. The third-order valence-electron chi connectivity index (χ3n) is 4.92. The third-order valence-corrected chi connectivity index (χ3v) is 6.03. The van der Waals surface area contributed by atoms with Crippen molar-refractivity contribution < 1.29 is 18.5 Å². The zero-order valence-electron chi connectivity index (χ0n) is 13.6. The Morgan fingerprint density at radius 2 is 2.12 bits per heavy atom. The number of amides is 1. The first kappa shape index (κ1) is 16.5. The van der Waals surface area contributed by atoms with Gasteiger partial charge in [-0.3, -0.25) is 13.8 Å². The molecule has 6 nitrogen and oxygen atoms in total. The first-order valence-corrected chi connectivity index (χ1v) is 9.58. The fraction of sp³-hybridized carbons (Fsp3) is 0.471. The second-order valence-electron chi connectivity index (χ2n) is 6.81. The number of carbonyl (C=O) groups is 1. The number of hydrogen-bond donors (Lipinski definition) is 3. The first-order valence-electron chi connectivity index (χ1n) is 8.47. The predicted molar refractivity (Wildman–Crippen MR) is 93.4 cm³/mol. The molecule has 1 amide bonds. The van der Waals surface area contributed by atoms with Gasteiger partial charge in [0.15, 0.2) is 5.82 Å². The Balaban J connectivity index is 1.60. The number of benzene rings is 1. The number of rotatable bonds is 5. The number of nitrogens with zero attached hydrogens (tertiary/aromatic N) is 1. The summed E-state index contributed by atoms with van der Waals surface area (Å²) < 4.78 is 30.2. The maximum atomic E-state index is 15.0. The lowest BCUT2D eigenvalue weighted by atomic mass is 10.0. The van der Waals surface area contributed by atoms with Crippen LogP contribution in [0.25, 0.3) is 5.57 Å². The Morgan fingerprint density at radius 1 is 1.32 bits per heavy atom. The molecule has 0 bridgehead atoms. The fourth-order valence-electron chi connectivity index (χ4n) is 3.37. The van der Waals surface area contributed by atoms with E-state index in [0.29, 0.717) is 12.1 Å². The molecule has 25 heavy (non-hydrogen) atoms. The van der Waals surface area contributed by atoms with Crippen LogP contribution >= 0.6 is 0 Å². The average molecular weight is 365 g/mol. The second-order valence-corrected chi connectivity index (χ2v) is 7.95. The molecule has 134 valence electrons. The minimum Gasteiger partial charge on any atom is -0.506 e. The summed E-state index contributed by atoms with van der Waals surface area (Å²) in [5.74, 6) is -0.598. The Hall–Kier alpha value is -1.93. The van der Waals surface area contributed by atoms with Crippen molar-refractivity contribution in [1.29, 1.82) is 0 Å². The molecular formula is C17H20FN3O3S. The van der Waals surface area contributed by atoms with Gasteiger partial charge in [-0.05, 0) is 36.5 Å². The van der Waals surface area contributed by atoms with Crippen LogP contribution in [0.2, 0.25) is 0 Å². The number of hydrogen-bond acceptors (Lipinski definition) is 4. The van der Waals surface area contributed by atoms with Gasteiger partial charge in [-0.15, -0.1) is 0 Å². The molecule has 0 radical (unpaired) electrons. The number of halogens is 1. The van der Waals surface area contributed by atoms with Crippen molar-refractivity contribution in [3.05, 3.63) is 29.6 Å². The van der Waals surface area contributed by atoms with Gasteiger partial charge in [-0.25, -0.2) is 8.60 Å². The van der Waals surface area contributed by atoms with Crippen LogP contribution in [0.15, 0.2) is 18.2 Å². The topological polar surface area (TPSA) is 81.7 Å². The number of anilines is 1. The lowest BCUT2D eigenvalue weighted by molar-refractivity contribution is -0.117. The Bertz CT molecular complexity index is 779. The summed E-state index contributed by atoms with van der Waals surface area (Å²) in [6.07, 6.45) is 6.89. The normalized spacial score (nSPS) is 26.0. The van der Waals surface area contributed by atoms with Gasteiger partial charge in [0, 0.05) is 18.2 Å². The van der Waals surface area contributed by atoms with E-state index in [1.54, 1.807) is 0 Å². The molecule has 2 heterocycles. The van der Waals surface area contributed by atoms with Crippen LogP contribution in [0.1, 0.15) is 31.2 Å². The molecule has 2 fully saturated rings. The van der Waals surface area contributed by atoms with Crippen molar-refractivity contribution in [3.8, 4) is 5.75 Å². The first-order chi connectivity index (χ1) is 12.0. The van der Waals surface area contributed by atoms with E-state index in [1.807, 2.05) is 6.08 Å². The molecule has 2 aliphatic heterocycles. The Kier molecular flexibility index (Phi) is 4.24. The highest BCUT2D eigenvalue weighted by molar-refractivity contribution is 7.85. The molecule has 2 atom stereocenters.